The van der Waals surface area contributed by atoms with Crippen molar-refractivity contribution in [2.75, 3.05) is 29.6 Å². The number of nitrogens with zero attached hydrogens (tertiary/aromatic N) is 4. The average molecular weight is 472 g/mol. The molecule has 0 saturated carbocycles. The lowest BCUT2D eigenvalue weighted by atomic mass is 10.1. The molecule has 0 spiro atoms. The van der Waals surface area contributed by atoms with E-state index in [1.807, 2.05) is 6.07 Å². The molecule has 32 heavy (non-hydrogen) atoms. The van der Waals surface area contributed by atoms with Gasteiger partial charge in [0, 0.05) is 30.5 Å². The number of aromatic nitrogens is 3. The topological polar surface area (TPSA) is 111 Å². The van der Waals surface area contributed by atoms with E-state index in [4.69, 9.17) is 0 Å². The average Bonchev–Trinajstić information content (AvgIpc) is 3.15. The number of benzene rings is 1. The molecular weight excluding hydrogens is 446 g/mol. The summed E-state index contributed by atoms with van der Waals surface area (Å²) in [7, 11) is 0. The van der Waals surface area contributed by atoms with Gasteiger partial charge in [0.2, 0.25) is 5.95 Å². The molecule has 8 nitrogen and oxygen atoms in total. The quantitative estimate of drug-likeness (QED) is 0.441. The van der Waals surface area contributed by atoms with Crippen molar-refractivity contribution < 1.29 is 15.0 Å². The van der Waals surface area contributed by atoms with Gasteiger partial charge in [-0.15, -0.1) is 11.8 Å². The Morgan fingerprint density at radius 3 is 2.56 bits per heavy atom. The third-order valence-electron chi connectivity index (χ3n) is 5.31. The Balaban J connectivity index is 1.63. The molecule has 3 heterocycles. The number of aryl methyl sites for hydroxylation is 1. The van der Waals surface area contributed by atoms with Crippen molar-refractivity contribution in [3.8, 4) is 0 Å². The highest BCUT2D eigenvalue weighted by molar-refractivity contribution is 7.98. The third kappa shape index (κ3) is 5.37. The number of carboxylic acid groups (broad SMARTS) is 1. The van der Waals surface area contributed by atoms with E-state index in [0.29, 0.717) is 36.0 Å². The summed E-state index contributed by atoms with van der Waals surface area (Å²) in [6, 6.07) is 10.4. The van der Waals surface area contributed by atoms with Crippen LogP contribution in [0.1, 0.15) is 39.5 Å². The van der Waals surface area contributed by atoms with Gasteiger partial charge >= 0.3 is 5.97 Å². The van der Waals surface area contributed by atoms with E-state index in [1.54, 1.807) is 18.7 Å². The maximum atomic E-state index is 11.4. The predicted molar refractivity (Wildman–Crippen MR) is 128 cm³/mol. The van der Waals surface area contributed by atoms with Gasteiger partial charge in [0.25, 0.3) is 0 Å². The molecule has 0 amide bonds. The Kier molecular flexibility index (Phi) is 6.92. The molecule has 1 saturated heterocycles. The number of nitrogens with one attached hydrogen (secondary N) is 1. The van der Waals surface area contributed by atoms with Crippen LogP contribution in [-0.4, -0.2) is 56.6 Å². The first-order valence-corrected chi connectivity index (χ1v) is 12.4. The summed E-state index contributed by atoms with van der Waals surface area (Å²) in [5.41, 5.74) is 2.46. The summed E-state index contributed by atoms with van der Waals surface area (Å²) in [4.78, 5) is 28.6. The Bertz CT molecular complexity index is 1100. The zero-order valence-electron chi connectivity index (χ0n) is 17.9. The van der Waals surface area contributed by atoms with Crippen LogP contribution in [0.5, 0.6) is 0 Å². The van der Waals surface area contributed by atoms with Gasteiger partial charge in [-0.2, -0.15) is 4.98 Å². The molecule has 0 atom stereocenters. The number of piperidine rings is 1. The molecule has 0 unspecified atom stereocenters. The van der Waals surface area contributed by atoms with Gasteiger partial charge in [0.1, 0.15) is 10.7 Å². The molecule has 10 heteroatoms. The van der Waals surface area contributed by atoms with Gasteiger partial charge in [-0.25, -0.2) is 14.8 Å². The van der Waals surface area contributed by atoms with Crippen LogP contribution in [-0.2, 0) is 6.42 Å². The summed E-state index contributed by atoms with van der Waals surface area (Å²) in [6.07, 6.45) is 3.83. The first kappa shape index (κ1) is 22.5. The molecular formula is C22H25N5O3S2. The summed E-state index contributed by atoms with van der Waals surface area (Å²) in [5, 5.41) is 22.7. The maximum Gasteiger partial charge on any atom is 0.347 e. The molecule has 1 aliphatic rings. The number of aliphatic hydroxyl groups excluding tert-OH is 1. The first-order chi connectivity index (χ1) is 15.4. The third-order valence-corrected chi connectivity index (χ3v) is 7.11. The lowest BCUT2D eigenvalue weighted by molar-refractivity contribution is 0.0701. The van der Waals surface area contributed by atoms with Gasteiger partial charge in [0.05, 0.1) is 17.5 Å². The fourth-order valence-corrected chi connectivity index (χ4v) is 4.79. The lowest BCUT2D eigenvalue weighted by Gasteiger charge is -2.30. The van der Waals surface area contributed by atoms with Crippen molar-refractivity contribution in [3.05, 3.63) is 52.2 Å². The number of hydrogen-bond donors (Lipinski definition) is 3. The zero-order chi connectivity index (χ0) is 22.7. The minimum Gasteiger partial charge on any atom is -0.477 e. The maximum absolute atomic E-state index is 11.4. The number of aromatic carboxylic acids is 1. The van der Waals surface area contributed by atoms with Crippen LogP contribution in [0.3, 0.4) is 0 Å². The second kappa shape index (κ2) is 9.85. The SMILES string of the molecule is CSc1ccc(Cc2cc(N3CCC(O)CC3)nc(Nc3nc(C)c(C(=O)O)s3)n2)cc1. The highest BCUT2D eigenvalue weighted by Crippen LogP contribution is 2.27. The predicted octanol–water partition coefficient (Wildman–Crippen LogP) is 3.96. The molecule has 4 rings (SSSR count). The second-order valence-electron chi connectivity index (χ2n) is 7.65. The van der Waals surface area contributed by atoms with E-state index in [1.165, 1.54) is 4.90 Å². The fourth-order valence-electron chi connectivity index (χ4n) is 3.58. The van der Waals surface area contributed by atoms with Crippen LogP contribution in [0.15, 0.2) is 35.2 Å². The Morgan fingerprint density at radius 2 is 1.94 bits per heavy atom. The minimum atomic E-state index is -0.996. The standard InChI is InChI=1S/C22H25N5O3S2/c1-13-19(20(29)30)32-22(23-13)26-21-24-15(11-14-3-5-17(31-2)6-4-14)12-18(25-21)27-9-7-16(28)8-10-27/h3-6,12,16,28H,7-11H2,1-2H3,(H,29,30)(H,23,24,25,26). The fraction of sp³-hybridized carbons (Fsp3) is 0.364. The van der Waals surface area contributed by atoms with Crippen LogP contribution in [0.25, 0.3) is 0 Å². The van der Waals surface area contributed by atoms with Crippen molar-refractivity contribution >= 4 is 46.0 Å². The summed E-state index contributed by atoms with van der Waals surface area (Å²) >= 11 is 2.77. The largest absolute Gasteiger partial charge is 0.477 e. The molecule has 3 N–H and O–H groups in total. The van der Waals surface area contributed by atoms with Crippen molar-refractivity contribution in [1.82, 2.24) is 15.0 Å². The number of aliphatic hydroxyl groups is 1. The lowest BCUT2D eigenvalue weighted by Crippen LogP contribution is -2.36. The summed E-state index contributed by atoms with van der Waals surface area (Å²) in [6.45, 7) is 3.11. The van der Waals surface area contributed by atoms with Crippen LogP contribution >= 0.6 is 23.1 Å². The van der Waals surface area contributed by atoms with Crippen molar-refractivity contribution in [2.45, 2.75) is 37.2 Å². The van der Waals surface area contributed by atoms with E-state index in [0.717, 1.165) is 41.5 Å². The molecule has 1 fully saturated rings. The number of carboxylic acids is 1. The van der Waals surface area contributed by atoms with E-state index in [2.05, 4.69) is 55.7 Å². The summed E-state index contributed by atoms with van der Waals surface area (Å²) in [5.74, 6) is 0.177. The van der Waals surface area contributed by atoms with Crippen molar-refractivity contribution in [1.29, 1.82) is 0 Å². The van der Waals surface area contributed by atoms with E-state index in [-0.39, 0.29) is 11.0 Å². The molecule has 0 radical (unpaired) electrons. The monoisotopic (exact) mass is 471 g/mol. The highest BCUT2D eigenvalue weighted by atomic mass is 32.2. The minimum absolute atomic E-state index is 0.197. The number of anilines is 3. The molecule has 0 bridgehead atoms. The molecule has 2 aromatic heterocycles. The van der Waals surface area contributed by atoms with E-state index < -0.39 is 5.97 Å². The van der Waals surface area contributed by atoms with Crippen LogP contribution in [0.2, 0.25) is 0 Å². The molecule has 1 aromatic carbocycles. The van der Waals surface area contributed by atoms with Gasteiger partial charge in [-0.3, -0.25) is 5.32 Å². The van der Waals surface area contributed by atoms with Gasteiger partial charge in [0.15, 0.2) is 5.13 Å². The molecule has 168 valence electrons. The molecule has 0 aliphatic carbocycles. The van der Waals surface area contributed by atoms with Crippen LogP contribution < -0.4 is 10.2 Å². The molecule has 1 aliphatic heterocycles. The summed E-state index contributed by atoms with van der Waals surface area (Å²) < 4.78 is 0. The van der Waals surface area contributed by atoms with Gasteiger partial charge < -0.3 is 15.1 Å². The Hall–Kier alpha value is -2.69. The molecule has 3 aromatic rings. The Morgan fingerprint density at radius 1 is 1.22 bits per heavy atom. The van der Waals surface area contributed by atoms with Gasteiger partial charge in [-0.05, 0) is 43.7 Å². The van der Waals surface area contributed by atoms with Crippen LogP contribution in [0, 0.1) is 6.92 Å². The van der Waals surface area contributed by atoms with E-state index >= 15 is 0 Å². The van der Waals surface area contributed by atoms with Crippen molar-refractivity contribution in [3.63, 3.8) is 0 Å². The van der Waals surface area contributed by atoms with Crippen molar-refractivity contribution in [2.24, 2.45) is 0 Å². The highest BCUT2D eigenvalue weighted by Gasteiger charge is 2.20. The number of rotatable bonds is 7. The first-order valence-electron chi connectivity index (χ1n) is 10.3. The number of thiazole rings is 1. The van der Waals surface area contributed by atoms with Crippen LogP contribution in [0.4, 0.5) is 16.9 Å². The number of carbonyl (C=O) groups is 1. The van der Waals surface area contributed by atoms with Gasteiger partial charge in [-0.1, -0.05) is 23.5 Å². The number of thioether (sulfide) groups is 1. The second-order valence-corrected chi connectivity index (χ2v) is 9.53. The van der Waals surface area contributed by atoms with E-state index in [9.17, 15) is 15.0 Å². The smallest absolute Gasteiger partial charge is 0.347 e. The zero-order valence-corrected chi connectivity index (χ0v) is 19.5. The normalized spacial score (nSPS) is 14.5. The Labute approximate surface area is 194 Å². The number of hydrogen-bond acceptors (Lipinski definition) is 9.